The molecule has 0 atom stereocenters. The molecule has 17 heavy (non-hydrogen) atoms. The minimum absolute atomic E-state index is 0.860. The third-order valence-electron chi connectivity index (χ3n) is 2.36. The van der Waals surface area contributed by atoms with E-state index in [9.17, 15) is 0 Å². The molecule has 4 heteroatoms. The van der Waals surface area contributed by atoms with Gasteiger partial charge < -0.3 is 7.58 Å². The van der Waals surface area contributed by atoms with Crippen LogP contribution in [-0.4, -0.2) is 34.7 Å². The van der Waals surface area contributed by atoms with E-state index in [1.165, 1.54) is 0 Å². The average molecular weight is 247 g/mol. The zero-order valence-electron chi connectivity index (χ0n) is 10.8. The molecule has 0 heterocycles. The summed E-state index contributed by atoms with van der Waals surface area (Å²) in [7, 11) is 3.47. The van der Waals surface area contributed by atoms with E-state index in [1.807, 2.05) is 49.1 Å². The van der Waals surface area contributed by atoms with Crippen LogP contribution in [0.2, 0.25) is 5.79 Å². The van der Waals surface area contributed by atoms with Gasteiger partial charge in [0.05, 0.1) is 5.75 Å². The lowest BCUT2D eigenvalue weighted by Gasteiger charge is -2.09. The Morgan fingerprint density at radius 3 is 2.82 bits per heavy atom. The van der Waals surface area contributed by atoms with E-state index in [4.69, 9.17) is 7.58 Å². The van der Waals surface area contributed by atoms with E-state index in [0.717, 1.165) is 17.0 Å². The smallest absolute Gasteiger partial charge is 0.622 e. The summed E-state index contributed by atoms with van der Waals surface area (Å²) in [6.45, 7) is 1.97. The largest absolute Gasteiger partial charge is 0.761 e. The molecule has 0 unspecified atom stereocenters. The monoisotopic (exact) mass is 247 g/mol. The minimum Gasteiger partial charge on any atom is -0.622 e. The topological polar surface area (TPSA) is 30.8 Å². The lowest BCUT2D eigenvalue weighted by molar-refractivity contribution is 0.341. The van der Waals surface area contributed by atoms with Gasteiger partial charge in [-0.05, 0) is 36.5 Å². The predicted molar refractivity (Wildman–Crippen MR) is 73.8 cm³/mol. The summed E-state index contributed by atoms with van der Waals surface area (Å²) in [5, 5.41) is 0. The molecule has 0 aromatic heterocycles. The summed E-state index contributed by atoms with van der Waals surface area (Å²) in [6, 6.07) is 7.96. The van der Waals surface area contributed by atoms with Crippen LogP contribution in [0, 0.1) is 0 Å². The van der Waals surface area contributed by atoms with E-state index in [2.05, 4.69) is 4.99 Å². The minimum atomic E-state index is -1.52. The van der Waals surface area contributed by atoms with Crippen LogP contribution in [0.25, 0.3) is 6.08 Å². The second-order valence-corrected chi connectivity index (χ2v) is 5.53. The fraction of sp³-hybridized carbons (Fsp3) is 0.308. The lowest BCUT2D eigenvalue weighted by atomic mass is 10.2. The first-order valence-electron chi connectivity index (χ1n) is 5.56. The molecular formula is C13H18AlNO2. The molecule has 0 aliphatic rings. The van der Waals surface area contributed by atoms with Gasteiger partial charge in [0, 0.05) is 19.9 Å². The van der Waals surface area contributed by atoms with Crippen LogP contribution < -0.4 is 3.79 Å². The van der Waals surface area contributed by atoms with Crippen LogP contribution in [0.4, 0.5) is 0 Å². The number of rotatable bonds is 5. The Kier molecular flexibility index (Phi) is 6.00. The number of hydrogen-bond acceptors (Lipinski definition) is 3. The molecule has 3 nitrogen and oxygen atoms in total. The third kappa shape index (κ3) is 5.19. The summed E-state index contributed by atoms with van der Waals surface area (Å²) in [4.78, 5) is 4.07. The van der Waals surface area contributed by atoms with Crippen LogP contribution in [0.5, 0.6) is 5.75 Å². The van der Waals surface area contributed by atoms with Crippen molar-refractivity contribution < 1.29 is 7.58 Å². The van der Waals surface area contributed by atoms with Crippen molar-refractivity contribution >= 4 is 26.6 Å². The van der Waals surface area contributed by atoms with E-state index < -0.39 is 14.8 Å². The van der Waals surface area contributed by atoms with E-state index in [0.29, 0.717) is 0 Å². The molecule has 0 fully saturated rings. The third-order valence-corrected chi connectivity index (χ3v) is 3.63. The molecule has 1 aromatic rings. The van der Waals surface area contributed by atoms with Crippen LogP contribution in [0.3, 0.4) is 0 Å². The van der Waals surface area contributed by atoms with Crippen LogP contribution >= 0.6 is 0 Å². The van der Waals surface area contributed by atoms with Gasteiger partial charge in [-0.3, -0.25) is 4.99 Å². The molecule has 1 aromatic carbocycles. The Labute approximate surface area is 108 Å². The van der Waals surface area contributed by atoms with Crippen LogP contribution in [0.1, 0.15) is 12.5 Å². The van der Waals surface area contributed by atoms with Gasteiger partial charge in [0.1, 0.15) is 0 Å². The molecule has 0 amide bonds. The second-order valence-electron chi connectivity index (χ2n) is 3.69. The Hall–Kier alpha value is -1.08. The number of nitrogens with zero attached hydrogens (tertiary/aromatic N) is 1. The number of benzene rings is 1. The van der Waals surface area contributed by atoms with Crippen molar-refractivity contribution in [1.29, 1.82) is 0 Å². The predicted octanol–water partition coefficient (Wildman–Crippen LogP) is 2.93. The molecule has 0 aliphatic carbocycles. The van der Waals surface area contributed by atoms with Gasteiger partial charge in [0.2, 0.25) is 0 Å². The highest BCUT2D eigenvalue weighted by Gasteiger charge is 2.17. The highest BCUT2D eigenvalue weighted by molar-refractivity contribution is 6.43. The molecule has 0 aliphatic heterocycles. The van der Waals surface area contributed by atoms with E-state index in [1.54, 1.807) is 14.2 Å². The zero-order chi connectivity index (χ0) is 12.7. The standard InChI is InChI=1S/C11H13NO.CH3O.CH3.Al/c1-9(12-2)6-7-10-4-3-5-11(13)8-10;1-2;;/h3-8,13H,1-2H3;1H3;1H3;/q;-1;;+2/p-1/b7-6-,12-9?;;;. The molecule has 1 rings (SSSR count). The van der Waals surface area contributed by atoms with Gasteiger partial charge >= 0.3 is 14.8 Å². The Balaban J connectivity index is 2.75. The first kappa shape index (κ1) is 14.0. The van der Waals surface area contributed by atoms with Crippen molar-refractivity contribution in [2.24, 2.45) is 4.99 Å². The molecule has 0 spiro atoms. The van der Waals surface area contributed by atoms with Gasteiger partial charge in [-0.25, -0.2) is 0 Å². The molecule has 0 bridgehead atoms. The molecular weight excluding hydrogens is 229 g/mol. The van der Waals surface area contributed by atoms with Gasteiger partial charge in [0.25, 0.3) is 0 Å². The summed E-state index contributed by atoms with van der Waals surface area (Å²) in [5.41, 5.74) is 2.10. The maximum atomic E-state index is 5.69. The quantitative estimate of drug-likeness (QED) is 0.591. The van der Waals surface area contributed by atoms with Crippen molar-refractivity contribution in [2.75, 3.05) is 14.2 Å². The van der Waals surface area contributed by atoms with Gasteiger partial charge in [-0.1, -0.05) is 18.2 Å². The van der Waals surface area contributed by atoms with Crippen molar-refractivity contribution in [1.82, 2.24) is 0 Å². The maximum absolute atomic E-state index is 5.69. The van der Waals surface area contributed by atoms with Crippen molar-refractivity contribution in [3.8, 4) is 5.75 Å². The fourth-order valence-electron chi connectivity index (χ4n) is 1.22. The highest BCUT2D eigenvalue weighted by Crippen LogP contribution is 2.15. The van der Waals surface area contributed by atoms with E-state index >= 15 is 0 Å². The molecule has 90 valence electrons. The SMILES string of the molecule is CN=C(C)/C=C\c1cccc([O][Al]([CH3])[O]C)c1. The normalized spacial score (nSPS) is 11.9. The van der Waals surface area contributed by atoms with Gasteiger partial charge in [-0.15, -0.1) is 0 Å². The van der Waals surface area contributed by atoms with Crippen molar-refractivity contribution in [3.05, 3.63) is 35.9 Å². The van der Waals surface area contributed by atoms with E-state index in [-0.39, 0.29) is 0 Å². The summed E-state index contributed by atoms with van der Waals surface area (Å²) < 4.78 is 10.9. The first-order chi connectivity index (χ1) is 8.15. The van der Waals surface area contributed by atoms with Crippen molar-refractivity contribution in [3.63, 3.8) is 0 Å². The maximum Gasteiger partial charge on any atom is 0.761 e. The number of hydrogen-bond donors (Lipinski definition) is 0. The van der Waals surface area contributed by atoms with Crippen LogP contribution in [0.15, 0.2) is 35.3 Å². The highest BCUT2D eigenvalue weighted by atomic mass is 27.2. The Bertz CT molecular complexity index is 416. The first-order valence-corrected chi connectivity index (χ1v) is 7.66. The average Bonchev–Trinajstić information content (AvgIpc) is 2.36. The summed E-state index contributed by atoms with van der Waals surface area (Å²) in [6.07, 6.45) is 4.00. The fourth-order valence-corrected chi connectivity index (χ4v) is 1.85. The zero-order valence-corrected chi connectivity index (χ0v) is 12.0. The Morgan fingerprint density at radius 2 is 2.18 bits per heavy atom. The molecule has 0 saturated heterocycles. The Morgan fingerprint density at radius 1 is 1.41 bits per heavy atom. The molecule has 0 radical (unpaired) electrons. The molecule has 0 N–H and O–H groups in total. The lowest BCUT2D eigenvalue weighted by Crippen LogP contribution is -2.19. The number of aliphatic imine (C=N–C) groups is 1. The summed E-state index contributed by atoms with van der Waals surface area (Å²) >= 11 is -1.52. The molecule has 0 saturated carbocycles. The number of allylic oxidation sites excluding steroid dienone is 1. The van der Waals surface area contributed by atoms with Crippen LogP contribution in [-0.2, 0) is 3.79 Å². The van der Waals surface area contributed by atoms with Crippen molar-refractivity contribution in [2.45, 2.75) is 12.7 Å². The second kappa shape index (κ2) is 7.29. The van der Waals surface area contributed by atoms with Gasteiger partial charge in [-0.2, -0.15) is 0 Å². The van der Waals surface area contributed by atoms with Gasteiger partial charge in [0.15, 0.2) is 0 Å². The summed E-state index contributed by atoms with van der Waals surface area (Å²) in [5.74, 6) is 2.86.